The van der Waals surface area contributed by atoms with Crippen molar-refractivity contribution in [2.45, 2.75) is 20.8 Å². The quantitative estimate of drug-likeness (QED) is 0.744. The van der Waals surface area contributed by atoms with Crippen LogP contribution in [0, 0.1) is 6.92 Å². The molecule has 0 fully saturated rings. The highest BCUT2D eigenvalue weighted by atomic mass is 16.2. The number of carbonyl (C=O) groups excluding carboxylic acids is 1. The summed E-state index contributed by atoms with van der Waals surface area (Å²) in [5, 5.41) is 4.49. The summed E-state index contributed by atoms with van der Waals surface area (Å²) in [5.74, 6) is 0.0546. The van der Waals surface area contributed by atoms with Crippen LogP contribution in [0.2, 0.25) is 0 Å². The SMILES string of the molecule is CCN(CC)C(=O)c1cccc(-c2c(C)nn3cccnc23)c1. The predicted octanol–water partition coefficient (Wildman–Crippen LogP) is 3.19. The molecule has 0 unspecified atom stereocenters. The average Bonchev–Trinajstić information content (AvgIpc) is 2.91. The smallest absolute Gasteiger partial charge is 0.253 e. The zero-order chi connectivity index (χ0) is 16.4. The third-order valence-electron chi connectivity index (χ3n) is 4.02. The van der Waals surface area contributed by atoms with Crippen molar-refractivity contribution in [3.8, 4) is 11.1 Å². The molecular formula is C18H20N4O. The zero-order valence-electron chi connectivity index (χ0n) is 13.7. The maximum absolute atomic E-state index is 12.6. The Morgan fingerprint density at radius 2 is 2.00 bits per heavy atom. The Morgan fingerprint density at radius 3 is 2.74 bits per heavy atom. The first-order chi connectivity index (χ1) is 11.2. The zero-order valence-corrected chi connectivity index (χ0v) is 13.7. The predicted molar refractivity (Wildman–Crippen MR) is 90.4 cm³/mol. The van der Waals surface area contributed by atoms with Gasteiger partial charge in [0.15, 0.2) is 5.65 Å². The van der Waals surface area contributed by atoms with Crippen LogP contribution in [-0.4, -0.2) is 38.5 Å². The Balaban J connectivity index is 2.09. The summed E-state index contributed by atoms with van der Waals surface area (Å²) < 4.78 is 1.77. The topological polar surface area (TPSA) is 50.5 Å². The summed E-state index contributed by atoms with van der Waals surface area (Å²) in [4.78, 5) is 18.8. The third-order valence-corrected chi connectivity index (χ3v) is 4.02. The van der Waals surface area contributed by atoms with Gasteiger partial charge in [-0.15, -0.1) is 0 Å². The number of fused-ring (bicyclic) bond motifs is 1. The Kier molecular flexibility index (Phi) is 4.10. The van der Waals surface area contributed by atoms with Crippen molar-refractivity contribution < 1.29 is 4.79 Å². The monoisotopic (exact) mass is 308 g/mol. The standard InChI is InChI=1S/C18H20N4O/c1-4-21(5-2)18(23)15-9-6-8-14(12-15)16-13(3)20-22-11-7-10-19-17(16)22/h6-12H,4-5H2,1-3H3. The molecule has 118 valence electrons. The van der Waals surface area contributed by atoms with Crippen LogP contribution in [0.15, 0.2) is 42.7 Å². The number of nitrogens with zero attached hydrogens (tertiary/aromatic N) is 4. The molecule has 0 saturated carbocycles. The number of hydrogen-bond donors (Lipinski definition) is 0. The number of aromatic nitrogens is 3. The number of carbonyl (C=O) groups is 1. The molecule has 0 radical (unpaired) electrons. The molecule has 1 amide bonds. The molecule has 3 aromatic rings. The van der Waals surface area contributed by atoms with Crippen LogP contribution in [0.3, 0.4) is 0 Å². The maximum Gasteiger partial charge on any atom is 0.253 e. The second-order valence-corrected chi connectivity index (χ2v) is 5.41. The number of rotatable bonds is 4. The van der Waals surface area contributed by atoms with Gasteiger partial charge >= 0.3 is 0 Å². The van der Waals surface area contributed by atoms with Gasteiger partial charge in [-0.05, 0) is 44.5 Å². The highest BCUT2D eigenvalue weighted by Gasteiger charge is 2.16. The Labute approximate surface area is 135 Å². The summed E-state index contributed by atoms with van der Waals surface area (Å²) in [6, 6.07) is 9.55. The largest absolute Gasteiger partial charge is 0.339 e. The van der Waals surface area contributed by atoms with E-state index >= 15 is 0 Å². The summed E-state index contributed by atoms with van der Waals surface area (Å²) in [5.41, 5.74) is 4.34. The lowest BCUT2D eigenvalue weighted by Gasteiger charge is -2.18. The molecule has 0 saturated heterocycles. The average molecular weight is 308 g/mol. The minimum atomic E-state index is 0.0546. The Bertz CT molecular complexity index is 849. The number of aryl methyl sites for hydroxylation is 1. The molecular weight excluding hydrogens is 288 g/mol. The van der Waals surface area contributed by atoms with Crippen LogP contribution in [0.25, 0.3) is 16.8 Å². The van der Waals surface area contributed by atoms with Gasteiger partial charge in [0.05, 0.1) is 5.69 Å². The van der Waals surface area contributed by atoms with E-state index in [-0.39, 0.29) is 5.91 Å². The third kappa shape index (κ3) is 2.70. The molecule has 5 nitrogen and oxygen atoms in total. The van der Waals surface area contributed by atoms with Gasteiger partial charge in [-0.25, -0.2) is 9.50 Å². The van der Waals surface area contributed by atoms with Crippen LogP contribution in [-0.2, 0) is 0 Å². The minimum Gasteiger partial charge on any atom is -0.339 e. The molecule has 0 N–H and O–H groups in total. The minimum absolute atomic E-state index is 0.0546. The van der Waals surface area contributed by atoms with Crippen molar-refractivity contribution in [1.82, 2.24) is 19.5 Å². The fraction of sp³-hybridized carbons (Fsp3) is 0.278. The van der Waals surface area contributed by atoms with Gasteiger partial charge in [0.25, 0.3) is 5.91 Å². The van der Waals surface area contributed by atoms with Crippen LogP contribution < -0.4 is 0 Å². The first-order valence-corrected chi connectivity index (χ1v) is 7.85. The molecule has 5 heteroatoms. The van der Waals surface area contributed by atoms with E-state index in [1.165, 1.54) is 0 Å². The molecule has 0 atom stereocenters. The lowest BCUT2D eigenvalue weighted by atomic mass is 10.0. The normalized spacial score (nSPS) is 10.9. The van der Waals surface area contributed by atoms with Crippen LogP contribution in [0.1, 0.15) is 29.9 Å². The van der Waals surface area contributed by atoms with Gasteiger partial charge in [-0.1, -0.05) is 12.1 Å². The molecule has 0 aliphatic rings. The van der Waals surface area contributed by atoms with Crippen molar-refractivity contribution in [2.24, 2.45) is 0 Å². The van der Waals surface area contributed by atoms with Gasteiger partial charge in [0.2, 0.25) is 0 Å². The van der Waals surface area contributed by atoms with Gasteiger partial charge in [-0.2, -0.15) is 5.10 Å². The van der Waals surface area contributed by atoms with Crippen LogP contribution >= 0.6 is 0 Å². The second kappa shape index (κ2) is 6.20. The summed E-state index contributed by atoms with van der Waals surface area (Å²) in [7, 11) is 0. The van der Waals surface area contributed by atoms with Gasteiger partial charge < -0.3 is 4.90 Å². The van der Waals surface area contributed by atoms with E-state index in [1.54, 1.807) is 10.7 Å². The number of benzene rings is 1. The van der Waals surface area contributed by atoms with E-state index in [9.17, 15) is 4.79 Å². The fourth-order valence-electron chi connectivity index (χ4n) is 2.84. The summed E-state index contributed by atoms with van der Waals surface area (Å²) in [6.07, 6.45) is 3.63. The van der Waals surface area contributed by atoms with Crippen LogP contribution in [0.5, 0.6) is 0 Å². The van der Waals surface area contributed by atoms with Gasteiger partial charge in [0.1, 0.15) is 0 Å². The lowest BCUT2D eigenvalue weighted by molar-refractivity contribution is 0.0773. The van der Waals surface area contributed by atoms with E-state index in [1.807, 2.05) is 62.2 Å². The first-order valence-electron chi connectivity index (χ1n) is 7.85. The lowest BCUT2D eigenvalue weighted by Crippen LogP contribution is -2.30. The van der Waals surface area contributed by atoms with E-state index in [0.29, 0.717) is 18.7 Å². The molecule has 0 bridgehead atoms. The van der Waals surface area contributed by atoms with Crippen molar-refractivity contribution >= 4 is 11.6 Å². The molecule has 1 aromatic carbocycles. The number of hydrogen-bond acceptors (Lipinski definition) is 3. The Hall–Kier alpha value is -2.69. The Morgan fingerprint density at radius 1 is 1.22 bits per heavy atom. The van der Waals surface area contributed by atoms with Gasteiger partial charge in [-0.3, -0.25) is 4.79 Å². The van der Waals surface area contributed by atoms with E-state index < -0.39 is 0 Å². The van der Waals surface area contributed by atoms with Gasteiger partial charge in [0, 0.05) is 36.6 Å². The molecule has 0 aliphatic heterocycles. The molecule has 2 heterocycles. The highest BCUT2D eigenvalue weighted by molar-refractivity contribution is 5.96. The second-order valence-electron chi connectivity index (χ2n) is 5.41. The number of amides is 1. The first kappa shape index (κ1) is 15.2. The summed E-state index contributed by atoms with van der Waals surface area (Å²) in [6.45, 7) is 7.35. The van der Waals surface area contributed by atoms with Crippen molar-refractivity contribution in [3.05, 3.63) is 54.0 Å². The molecule has 23 heavy (non-hydrogen) atoms. The molecule has 2 aromatic heterocycles. The van der Waals surface area contributed by atoms with Crippen molar-refractivity contribution in [3.63, 3.8) is 0 Å². The van der Waals surface area contributed by atoms with E-state index in [2.05, 4.69) is 10.1 Å². The molecule has 3 rings (SSSR count). The summed E-state index contributed by atoms with van der Waals surface area (Å²) >= 11 is 0. The van der Waals surface area contributed by atoms with E-state index in [4.69, 9.17) is 0 Å². The molecule has 0 spiro atoms. The van der Waals surface area contributed by atoms with Crippen LogP contribution in [0.4, 0.5) is 0 Å². The van der Waals surface area contributed by atoms with Crippen molar-refractivity contribution in [1.29, 1.82) is 0 Å². The molecule has 0 aliphatic carbocycles. The van der Waals surface area contributed by atoms with E-state index in [0.717, 1.165) is 22.5 Å². The maximum atomic E-state index is 12.6. The highest BCUT2D eigenvalue weighted by Crippen LogP contribution is 2.27. The fourth-order valence-corrected chi connectivity index (χ4v) is 2.84. The van der Waals surface area contributed by atoms with Crippen molar-refractivity contribution in [2.75, 3.05) is 13.1 Å².